The van der Waals surface area contributed by atoms with Crippen LogP contribution in [0.1, 0.15) is 58.2 Å². The predicted molar refractivity (Wildman–Crippen MR) is 107 cm³/mol. The lowest BCUT2D eigenvalue weighted by molar-refractivity contribution is 0.381. The van der Waals surface area contributed by atoms with Gasteiger partial charge in [-0.3, -0.25) is 0 Å². The van der Waals surface area contributed by atoms with Crippen molar-refractivity contribution in [2.45, 2.75) is 59.3 Å². The molecule has 0 spiro atoms. The van der Waals surface area contributed by atoms with Crippen molar-refractivity contribution >= 4 is 32.9 Å². The van der Waals surface area contributed by atoms with Crippen LogP contribution in [0.5, 0.6) is 5.75 Å². The Labute approximate surface area is 152 Å². The molecule has 0 aliphatic heterocycles. The Balaban J connectivity index is 2.86. The van der Waals surface area contributed by atoms with Crippen LogP contribution in [0, 0.1) is 10.7 Å². The first-order chi connectivity index (χ1) is 10.5. The molecule has 4 heteroatoms. The molecule has 0 radical (unpaired) electrons. The third-order valence-electron chi connectivity index (χ3n) is 4.02. The van der Waals surface area contributed by atoms with E-state index in [2.05, 4.69) is 60.6 Å². The first kappa shape index (κ1) is 18.6. The maximum Gasteiger partial charge on any atom is 0.126 e. The number of methoxy groups -OCH3 is 1. The molecule has 2 aromatic rings. The van der Waals surface area contributed by atoms with Crippen molar-refractivity contribution in [3.05, 3.63) is 32.6 Å². The van der Waals surface area contributed by atoms with Crippen LogP contribution in [0.2, 0.25) is 0 Å². The van der Waals surface area contributed by atoms with E-state index in [1.54, 1.807) is 27.8 Å². The van der Waals surface area contributed by atoms with Crippen LogP contribution in [-0.2, 0) is 10.8 Å². The molecule has 2 rings (SSSR count). The summed E-state index contributed by atoms with van der Waals surface area (Å²) in [6.07, 6.45) is 0. The van der Waals surface area contributed by atoms with E-state index >= 15 is 0 Å². The van der Waals surface area contributed by atoms with Gasteiger partial charge in [-0.15, -0.1) is 0 Å². The molecule has 0 fully saturated rings. The van der Waals surface area contributed by atoms with Gasteiger partial charge in [-0.1, -0.05) is 74.4 Å². The fourth-order valence-electron chi connectivity index (χ4n) is 2.66. The summed E-state index contributed by atoms with van der Waals surface area (Å²) in [4.78, 5) is 1.29. The highest BCUT2D eigenvalue weighted by atomic mass is 32.9. The Hall–Kier alpha value is -0.710. The molecule has 1 nitrogen and oxygen atoms in total. The second-order valence-electron chi connectivity index (χ2n) is 8.01. The van der Waals surface area contributed by atoms with Crippen molar-refractivity contribution < 1.29 is 4.74 Å². The first-order valence-corrected chi connectivity index (χ1v) is 10.4. The lowest BCUT2D eigenvalue weighted by atomic mass is 9.78. The Kier molecular flexibility index (Phi) is 5.10. The van der Waals surface area contributed by atoms with Crippen LogP contribution >= 0.6 is 32.9 Å². The molecule has 0 aliphatic rings. The number of benzene rings is 1. The summed E-state index contributed by atoms with van der Waals surface area (Å²) in [5.41, 5.74) is 5.03. The highest BCUT2D eigenvalue weighted by molar-refractivity contribution is 7.80. The van der Waals surface area contributed by atoms with Crippen LogP contribution in [-0.4, -0.2) is 7.11 Å². The van der Waals surface area contributed by atoms with Gasteiger partial charge in [0.2, 0.25) is 0 Å². The number of hydrogen-bond acceptors (Lipinski definition) is 4. The van der Waals surface area contributed by atoms with Crippen LogP contribution in [0.3, 0.4) is 0 Å². The van der Waals surface area contributed by atoms with Crippen LogP contribution in [0.15, 0.2) is 12.1 Å². The third kappa shape index (κ3) is 3.70. The summed E-state index contributed by atoms with van der Waals surface area (Å²) in [5, 5.41) is 0. The molecule has 1 aromatic heterocycles. The maximum absolute atomic E-state index is 5.84. The van der Waals surface area contributed by atoms with Crippen molar-refractivity contribution in [2.75, 3.05) is 7.11 Å². The molecule has 1 heterocycles. The molecule has 0 saturated carbocycles. The van der Waals surface area contributed by atoms with E-state index in [0.717, 1.165) is 9.57 Å². The van der Waals surface area contributed by atoms with Crippen molar-refractivity contribution in [1.29, 1.82) is 0 Å². The Morgan fingerprint density at radius 1 is 0.913 bits per heavy atom. The lowest BCUT2D eigenvalue weighted by Gasteiger charge is -2.30. The summed E-state index contributed by atoms with van der Waals surface area (Å²) in [5.74, 6) is 1.02. The molecule has 23 heavy (non-hydrogen) atoms. The van der Waals surface area contributed by atoms with Crippen LogP contribution < -0.4 is 4.74 Å². The predicted octanol–water partition coefficient (Wildman–Crippen LogP) is 7.12. The van der Waals surface area contributed by atoms with Gasteiger partial charge in [-0.05, 0) is 41.0 Å². The zero-order chi connectivity index (χ0) is 17.6. The molecular formula is C19H26OS3. The average Bonchev–Trinajstić information content (AvgIpc) is 2.75. The van der Waals surface area contributed by atoms with Gasteiger partial charge >= 0.3 is 0 Å². The van der Waals surface area contributed by atoms with E-state index in [1.807, 2.05) is 0 Å². The Morgan fingerprint density at radius 3 is 1.70 bits per heavy atom. The lowest BCUT2D eigenvalue weighted by Crippen LogP contribution is -2.19. The molecule has 0 saturated heterocycles. The summed E-state index contributed by atoms with van der Waals surface area (Å²) in [6, 6.07) is 4.57. The Bertz CT molecular complexity index is 732. The molecule has 0 bridgehead atoms. The second-order valence-corrected chi connectivity index (χ2v) is 10.8. The van der Waals surface area contributed by atoms with E-state index < -0.39 is 0 Å². The van der Waals surface area contributed by atoms with Crippen molar-refractivity contribution in [3.63, 3.8) is 0 Å². The van der Waals surface area contributed by atoms with Gasteiger partial charge in [0.05, 0.1) is 12.0 Å². The smallest absolute Gasteiger partial charge is 0.126 e. The highest BCUT2D eigenvalue weighted by Gasteiger charge is 2.28. The SMILES string of the molecule is COc1c(C(C)(C)C)cc(-c2ssc(=S)c2C)cc1C(C)(C)C. The third-order valence-corrected chi connectivity index (χ3v) is 7.39. The molecule has 0 aliphatic carbocycles. The summed E-state index contributed by atoms with van der Waals surface area (Å²) in [6.45, 7) is 15.6. The van der Waals surface area contributed by atoms with E-state index in [-0.39, 0.29) is 10.8 Å². The minimum atomic E-state index is 0.0206. The second kappa shape index (κ2) is 6.30. The maximum atomic E-state index is 5.84. The van der Waals surface area contributed by atoms with E-state index in [9.17, 15) is 0 Å². The van der Waals surface area contributed by atoms with Crippen molar-refractivity contribution in [3.8, 4) is 16.2 Å². The number of rotatable bonds is 2. The van der Waals surface area contributed by atoms with Crippen molar-refractivity contribution in [2.24, 2.45) is 0 Å². The average molecular weight is 367 g/mol. The first-order valence-electron chi connectivity index (χ1n) is 7.80. The molecule has 0 amide bonds. The largest absolute Gasteiger partial charge is 0.496 e. The summed E-state index contributed by atoms with van der Waals surface area (Å²) in [7, 11) is 5.24. The van der Waals surface area contributed by atoms with Gasteiger partial charge in [-0.25, -0.2) is 0 Å². The standard InChI is InChI=1S/C19H26OS3/c1-11-16(22-23-17(11)21)12-9-13(18(2,3)4)15(20-8)14(10-12)19(5,6)7/h9-10H,1-8H3. The van der Waals surface area contributed by atoms with Gasteiger partial charge in [0.1, 0.15) is 9.57 Å². The van der Waals surface area contributed by atoms with Crippen LogP contribution in [0.25, 0.3) is 10.4 Å². The topological polar surface area (TPSA) is 9.23 Å². The molecular weight excluding hydrogens is 340 g/mol. The monoisotopic (exact) mass is 366 g/mol. The number of ether oxygens (including phenoxy) is 1. The molecule has 0 unspecified atom stereocenters. The molecule has 0 N–H and O–H groups in total. The van der Waals surface area contributed by atoms with Gasteiger partial charge in [0.15, 0.2) is 0 Å². The Morgan fingerprint density at radius 2 is 1.39 bits per heavy atom. The van der Waals surface area contributed by atoms with E-state index in [4.69, 9.17) is 17.0 Å². The zero-order valence-corrected chi connectivity index (χ0v) is 17.7. The van der Waals surface area contributed by atoms with E-state index in [0.29, 0.717) is 0 Å². The van der Waals surface area contributed by atoms with Gasteiger partial charge in [-0.2, -0.15) is 0 Å². The minimum Gasteiger partial charge on any atom is -0.496 e. The van der Waals surface area contributed by atoms with Gasteiger partial charge in [0.25, 0.3) is 0 Å². The molecule has 126 valence electrons. The zero-order valence-electron chi connectivity index (χ0n) is 15.3. The number of hydrogen-bond donors (Lipinski definition) is 0. The normalized spacial score (nSPS) is 12.5. The van der Waals surface area contributed by atoms with E-state index in [1.165, 1.54) is 27.1 Å². The summed E-state index contributed by atoms with van der Waals surface area (Å²) < 4.78 is 6.84. The fraction of sp³-hybridized carbons (Fsp3) is 0.526. The molecule has 1 aromatic carbocycles. The quantitative estimate of drug-likeness (QED) is 0.413. The minimum absolute atomic E-state index is 0.0206. The highest BCUT2D eigenvalue weighted by Crippen LogP contribution is 2.44. The fourth-order valence-corrected chi connectivity index (χ4v) is 5.54. The van der Waals surface area contributed by atoms with Gasteiger partial charge in [0, 0.05) is 11.1 Å². The van der Waals surface area contributed by atoms with Crippen LogP contribution in [0.4, 0.5) is 0 Å². The van der Waals surface area contributed by atoms with Gasteiger partial charge < -0.3 is 4.74 Å². The van der Waals surface area contributed by atoms with Crippen molar-refractivity contribution in [1.82, 2.24) is 0 Å². The summed E-state index contributed by atoms with van der Waals surface area (Å²) >= 11 is 5.44. The molecule has 0 atom stereocenters.